The molecule has 0 aromatic heterocycles. The molecule has 0 saturated heterocycles. The summed E-state index contributed by atoms with van der Waals surface area (Å²) in [4.78, 5) is 105. The Bertz CT molecular complexity index is 1030. The smallest absolute Gasteiger partial charge is 0.243 e. The number of carbonyl (C=O) groups excluding carboxylic acids is 9. The minimum absolute atomic E-state index is 0.00904. The molecule has 0 aliphatic carbocycles. The molecule has 0 aliphatic heterocycles. The summed E-state index contributed by atoms with van der Waals surface area (Å²) in [5.74, 6) is -5.53. The fraction of sp³-hybridized carbons (Fsp3) is 0.500. The Balaban J connectivity index is 4.33. The van der Waals surface area contributed by atoms with Crippen molar-refractivity contribution in [1.82, 2.24) is 37.2 Å². The predicted octanol–water partition coefficient (Wildman–Crippen LogP) is -5.28. The summed E-state index contributed by atoms with van der Waals surface area (Å²) in [7, 11) is 0. The Morgan fingerprint density at radius 2 is 1.07 bits per heavy atom. The highest BCUT2D eigenvalue weighted by Crippen LogP contribution is 2.00. The summed E-state index contributed by atoms with van der Waals surface area (Å²) < 4.78 is 0. The van der Waals surface area contributed by atoms with Gasteiger partial charge in [-0.2, -0.15) is 25.3 Å². The lowest BCUT2D eigenvalue weighted by Crippen LogP contribution is -2.53. The maximum absolute atomic E-state index is 12.3. The molecule has 0 bridgehead atoms. The van der Waals surface area contributed by atoms with Gasteiger partial charge >= 0.3 is 0 Å². The SMILES string of the molecule is NC(=O)CNC(=O)C(CS)NC(=O)CNC(=O)CNC(=O)CNC(=O)C(CS)NC(=O)CNC(=O)CC=CSCC=O. The van der Waals surface area contributed by atoms with Gasteiger partial charge in [-0.25, -0.2) is 0 Å². The summed E-state index contributed by atoms with van der Waals surface area (Å²) in [6.45, 7) is -2.43. The van der Waals surface area contributed by atoms with Gasteiger partial charge in [-0.05, 0) is 5.41 Å². The molecule has 8 amide bonds. The van der Waals surface area contributed by atoms with Gasteiger partial charge in [-0.1, -0.05) is 6.08 Å². The van der Waals surface area contributed by atoms with E-state index in [0.717, 1.165) is 6.29 Å². The van der Waals surface area contributed by atoms with Crippen LogP contribution in [0.1, 0.15) is 6.42 Å². The van der Waals surface area contributed by atoms with Gasteiger partial charge in [0.15, 0.2) is 0 Å². The highest BCUT2D eigenvalue weighted by atomic mass is 32.2. The van der Waals surface area contributed by atoms with Crippen molar-refractivity contribution in [1.29, 1.82) is 0 Å². The zero-order valence-corrected chi connectivity index (χ0v) is 24.9. The Labute approximate surface area is 256 Å². The number of primary amides is 1. The molecule has 0 aromatic carbocycles. The Morgan fingerprint density at radius 1 is 0.643 bits per heavy atom. The van der Waals surface area contributed by atoms with Crippen LogP contribution in [-0.2, 0) is 43.2 Å². The Kier molecular flexibility index (Phi) is 20.8. The van der Waals surface area contributed by atoms with Crippen molar-refractivity contribution in [2.45, 2.75) is 18.5 Å². The van der Waals surface area contributed by atoms with E-state index in [9.17, 15) is 43.2 Å². The second kappa shape index (κ2) is 22.9. The van der Waals surface area contributed by atoms with Crippen molar-refractivity contribution in [2.24, 2.45) is 5.73 Å². The maximum atomic E-state index is 12.3. The van der Waals surface area contributed by atoms with Crippen LogP contribution in [0.4, 0.5) is 0 Å². The quantitative estimate of drug-likeness (QED) is 0.0320. The van der Waals surface area contributed by atoms with Crippen molar-refractivity contribution in [3.63, 3.8) is 0 Å². The fourth-order valence-corrected chi connectivity index (χ4v) is 3.45. The lowest BCUT2D eigenvalue weighted by Gasteiger charge is -2.17. The first kappa shape index (κ1) is 38.2. The highest BCUT2D eigenvalue weighted by molar-refractivity contribution is 8.02. The monoisotopic (exact) mass is 650 g/mol. The summed E-state index contributed by atoms with van der Waals surface area (Å²) in [6.07, 6.45) is 2.23. The summed E-state index contributed by atoms with van der Waals surface area (Å²) >= 11 is 9.13. The van der Waals surface area contributed by atoms with Crippen LogP contribution < -0.4 is 43.0 Å². The fourth-order valence-electron chi connectivity index (χ4n) is 2.52. The number of hydrogen-bond donors (Lipinski definition) is 10. The van der Waals surface area contributed by atoms with Gasteiger partial charge in [0.05, 0.1) is 38.5 Å². The number of nitrogens with two attached hydrogens (primary N) is 1. The molecule has 42 heavy (non-hydrogen) atoms. The summed E-state index contributed by atoms with van der Waals surface area (Å²) in [5, 5.41) is 17.5. The summed E-state index contributed by atoms with van der Waals surface area (Å²) in [5.41, 5.74) is 4.93. The number of thiol groups is 2. The number of hydrogen-bond acceptors (Lipinski definition) is 12. The first-order valence-corrected chi connectivity index (χ1v) is 14.4. The molecule has 0 rings (SSSR count). The van der Waals surface area contributed by atoms with Gasteiger partial charge in [0, 0.05) is 17.9 Å². The van der Waals surface area contributed by atoms with Gasteiger partial charge in [0.2, 0.25) is 47.3 Å². The average Bonchev–Trinajstić information content (AvgIpc) is 2.96. The molecule has 0 saturated carbocycles. The van der Waals surface area contributed by atoms with Crippen LogP contribution in [0.2, 0.25) is 0 Å². The standard InChI is InChI=1S/C22H34N8O9S3/c23-15(32)6-27-21(38)13(11-40)29-20(37)10-26-17(34)7-25-18(35)8-28-22(39)14(12-41)30-19(36)9-24-16(33)2-1-4-42-5-3-31/h1,3-4,13-14,40-41H,2,5-12H2,(H2,23,32)(H,24,33)(H,25,35)(H,26,34)(H,27,38)(H,28,39)(H,29,37)(H,30,36). The van der Waals surface area contributed by atoms with Gasteiger partial charge in [-0.15, -0.1) is 11.8 Å². The third-order valence-electron chi connectivity index (χ3n) is 4.53. The minimum atomic E-state index is -1.12. The molecular formula is C22H34N8O9S3. The van der Waals surface area contributed by atoms with Gasteiger partial charge < -0.3 is 47.7 Å². The van der Waals surface area contributed by atoms with Crippen LogP contribution >= 0.6 is 37.0 Å². The molecule has 2 unspecified atom stereocenters. The molecule has 0 fully saturated rings. The van der Waals surface area contributed by atoms with E-state index in [1.54, 1.807) is 5.41 Å². The third kappa shape index (κ3) is 19.3. The summed E-state index contributed by atoms with van der Waals surface area (Å²) in [6, 6.07) is -2.21. The number of rotatable bonds is 21. The minimum Gasteiger partial charge on any atom is -0.368 e. The number of amides is 8. The zero-order valence-electron chi connectivity index (χ0n) is 22.3. The second-order valence-electron chi connectivity index (χ2n) is 7.91. The number of aldehydes is 1. The van der Waals surface area contributed by atoms with Crippen LogP contribution in [0.5, 0.6) is 0 Å². The van der Waals surface area contributed by atoms with Crippen molar-refractivity contribution in [3.05, 3.63) is 11.5 Å². The van der Waals surface area contributed by atoms with E-state index in [2.05, 4.69) is 62.5 Å². The molecule has 0 spiro atoms. The van der Waals surface area contributed by atoms with Crippen molar-refractivity contribution in [3.8, 4) is 0 Å². The first-order chi connectivity index (χ1) is 19.9. The maximum Gasteiger partial charge on any atom is 0.243 e. The van der Waals surface area contributed by atoms with Crippen molar-refractivity contribution >= 4 is 90.6 Å². The molecule has 0 heterocycles. The van der Waals surface area contributed by atoms with E-state index < -0.39 is 92.1 Å². The van der Waals surface area contributed by atoms with E-state index in [0.29, 0.717) is 0 Å². The molecule has 0 aliphatic rings. The van der Waals surface area contributed by atoms with Crippen molar-refractivity contribution in [2.75, 3.05) is 50.0 Å². The topological polar surface area (TPSA) is 264 Å². The highest BCUT2D eigenvalue weighted by Gasteiger charge is 2.21. The second-order valence-corrected chi connectivity index (χ2v) is 9.58. The van der Waals surface area contributed by atoms with E-state index >= 15 is 0 Å². The third-order valence-corrected chi connectivity index (χ3v) is 5.97. The predicted molar refractivity (Wildman–Crippen MR) is 158 cm³/mol. The lowest BCUT2D eigenvalue weighted by atomic mass is 10.3. The lowest BCUT2D eigenvalue weighted by molar-refractivity contribution is -0.131. The van der Waals surface area contributed by atoms with Gasteiger partial charge in [0.25, 0.3) is 0 Å². The van der Waals surface area contributed by atoms with Gasteiger partial charge in [0.1, 0.15) is 18.4 Å². The first-order valence-electron chi connectivity index (χ1n) is 12.1. The van der Waals surface area contributed by atoms with E-state index in [-0.39, 0.29) is 23.7 Å². The molecule has 17 nitrogen and oxygen atoms in total. The number of thioether (sulfide) groups is 1. The molecule has 9 N–H and O–H groups in total. The van der Waals surface area contributed by atoms with Gasteiger partial charge in [-0.3, -0.25) is 38.4 Å². The molecule has 0 aromatic rings. The van der Waals surface area contributed by atoms with E-state index in [4.69, 9.17) is 5.73 Å². The molecule has 0 radical (unpaired) electrons. The van der Waals surface area contributed by atoms with E-state index in [1.165, 1.54) is 17.8 Å². The zero-order chi connectivity index (χ0) is 31.9. The molecule has 20 heteroatoms. The number of carbonyl (C=O) groups is 9. The number of nitrogens with one attached hydrogen (secondary N) is 7. The molecular weight excluding hydrogens is 616 g/mol. The van der Waals surface area contributed by atoms with E-state index in [1.807, 2.05) is 0 Å². The Morgan fingerprint density at radius 3 is 1.52 bits per heavy atom. The average molecular weight is 651 g/mol. The van der Waals surface area contributed by atoms with Crippen LogP contribution in [-0.4, -0.2) is 116 Å². The molecule has 234 valence electrons. The van der Waals surface area contributed by atoms with Crippen LogP contribution in [0.15, 0.2) is 11.5 Å². The van der Waals surface area contributed by atoms with Crippen molar-refractivity contribution < 1.29 is 43.2 Å². The van der Waals surface area contributed by atoms with Crippen LogP contribution in [0, 0.1) is 0 Å². The normalized spacial score (nSPS) is 11.8. The van der Waals surface area contributed by atoms with Crippen LogP contribution in [0.25, 0.3) is 0 Å². The largest absolute Gasteiger partial charge is 0.368 e. The molecule has 2 atom stereocenters. The van der Waals surface area contributed by atoms with Crippen LogP contribution in [0.3, 0.4) is 0 Å². The Hall–Kier alpha value is -3.78.